The van der Waals surface area contributed by atoms with Gasteiger partial charge in [-0.25, -0.2) is 8.42 Å². The molecule has 0 aliphatic carbocycles. The van der Waals surface area contributed by atoms with Crippen molar-refractivity contribution in [3.63, 3.8) is 0 Å². The van der Waals surface area contributed by atoms with Gasteiger partial charge in [-0.15, -0.1) is 0 Å². The Kier molecular flexibility index (Phi) is 4.65. The monoisotopic (exact) mass is 301 g/mol. The van der Waals surface area contributed by atoms with Gasteiger partial charge in [0.25, 0.3) is 0 Å². The first-order chi connectivity index (χ1) is 9.65. The summed E-state index contributed by atoms with van der Waals surface area (Å²) in [5.41, 5.74) is 0. The number of nitrogens with zero attached hydrogens (tertiary/aromatic N) is 2. The molecule has 1 N–H and O–H groups in total. The smallest absolute Gasteiger partial charge is 0.214 e. The molecule has 20 heavy (non-hydrogen) atoms. The first kappa shape index (κ1) is 14.8. The molecule has 3 saturated heterocycles. The fourth-order valence-corrected chi connectivity index (χ4v) is 5.70. The number of piperazine rings is 1. The van der Waals surface area contributed by atoms with Crippen LogP contribution >= 0.6 is 0 Å². The maximum atomic E-state index is 12.6. The van der Waals surface area contributed by atoms with Gasteiger partial charge in [-0.3, -0.25) is 4.90 Å². The van der Waals surface area contributed by atoms with E-state index in [0.29, 0.717) is 24.3 Å². The highest BCUT2D eigenvalue weighted by Gasteiger charge is 2.35. The van der Waals surface area contributed by atoms with Gasteiger partial charge in [0.05, 0.1) is 5.75 Å². The third kappa shape index (κ3) is 3.35. The Morgan fingerprint density at radius 3 is 2.75 bits per heavy atom. The normalized spacial score (nSPS) is 33.8. The number of sulfonamides is 1. The number of piperidine rings is 2. The van der Waals surface area contributed by atoms with Crippen LogP contribution in [0.1, 0.15) is 32.1 Å². The van der Waals surface area contributed by atoms with Gasteiger partial charge in [0.2, 0.25) is 10.0 Å². The standard InChI is InChI=1S/C14H27N3O2S/c18-20(19,12-13-4-3-6-15-10-13)17-9-8-16-7-2-1-5-14(16)11-17/h13-15H,1-12H2. The van der Waals surface area contributed by atoms with Gasteiger partial charge < -0.3 is 5.32 Å². The third-order valence-corrected chi connectivity index (χ3v) is 7.05. The zero-order valence-corrected chi connectivity index (χ0v) is 13.1. The molecule has 0 aromatic rings. The fraction of sp³-hybridized carbons (Fsp3) is 1.00. The Labute approximate surface area is 122 Å². The van der Waals surface area contributed by atoms with Crippen LogP contribution in [0.2, 0.25) is 0 Å². The Bertz CT molecular complexity index is 420. The van der Waals surface area contributed by atoms with Crippen LogP contribution in [0.4, 0.5) is 0 Å². The Hall–Kier alpha value is -0.170. The van der Waals surface area contributed by atoms with Crippen LogP contribution in [-0.2, 0) is 10.0 Å². The fourth-order valence-electron chi connectivity index (χ4n) is 3.85. The van der Waals surface area contributed by atoms with Crippen molar-refractivity contribution < 1.29 is 8.42 Å². The Morgan fingerprint density at radius 2 is 1.95 bits per heavy atom. The van der Waals surface area contributed by atoms with E-state index in [2.05, 4.69) is 10.2 Å². The average Bonchev–Trinajstić information content (AvgIpc) is 2.47. The van der Waals surface area contributed by atoms with Crippen molar-refractivity contribution in [2.24, 2.45) is 5.92 Å². The van der Waals surface area contributed by atoms with E-state index >= 15 is 0 Å². The summed E-state index contributed by atoms with van der Waals surface area (Å²) in [6.07, 6.45) is 5.85. The molecule has 3 aliphatic heterocycles. The molecule has 0 aromatic heterocycles. The summed E-state index contributed by atoms with van der Waals surface area (Å²) in [6.45, 7) is 5.40. The summed E-state index contributed by atoms with van der Waals surface area (Å²) in [4.78, 5) is 2.48. The quantitative estimate of drug-likeness (QED) is 0.824. The van der Waals surface area contributed by atoms with E-state index in [1.165, 1.54) is 12.8 Å². The van der Waals surface area contributed by atoms with Gasteiger partial charge in [-0.2, -0.15) is 4.31 Å². The van der Waals surface area contributed by atoms with Crippen LogP contribution in [-0.4, -0.2) is 68.7 Å². The predicted molar refractivity (Wildman–Crippen MR) is 80.2 cm³/mol. The van der Waals surface area contributed by atoms with Gasteiger partial charge in [-0.05, 0) is 51.2 Å². The third-order valence-electron chi connectivity index (χ3n) is 5.04. The summed E-state index contributed by atoms with van der Waals surface area (Å²) in [5, 5.41) is 3.31. The lowest BCUT2D eigenvalue weighted by Crippen LogP contribution is -2.56. The lowest BCUT2D eigenvalue weighted by atomic mass is 10.0. The molecule has 0 aromatic carbocycles. The molecule has 0 spiro atoms. The maximum Gasteiger partial charge on any atom is 0.214 e. The molecule has 3 fully saturated rings. The van der Waals surface area contributed by atoms with E-state index < -0.39 is 10.0 Å². The van der Waals surface area contributed by atoms with Crippen LogP contribution in [0.25, 0.3) is 0 Å². The van der Waals surface area contributed by atoms with Crippen LogP contribution < -0.4 is 5.32 Å². The highest BCUT2D eigenvalue weighted by molar-refractivity contribution is 7.89. The molecule has 0 bridgehead atoms. The lowest BCUT2D eigenvalue weighted by molar-refractivity contribution is 0.0849. The molecule has 0 saturated carbocycles. The Balaban J connectivity index is 1.59. The summed E-state index contributed by atoms with van der Waals surface area (Å²) in [5.74, 6) is 0.644. The van der Waals surface area contributed by atoms with E-state index in [1.54, 1.807) is 4.31 Å². The lowest BCUT2D eigenvalue weighted by Gasteiger charge is -2.43. The minimum Gasteiger partial charge on any atom is -0.316 e. The molecule has 0 amide bonds. The topological polar surface area (TPSA) is 52.7 Å². The van der Waals surface area contributed by atoms with E-state index in [-0.39, 0.29) is 0 Å². The van der Waals surface area contributed by atoms with E-state index in [0.717, 1.165) is 52.0 Å². The summed E-state index contributed by atoms with van der Waals surface area (Å²) in [6, 6.07) is 0.469. The van der Waals surface area contributed by atoms with Crippen molar-refractivity contribution in [3.8, 4) is 0 Å². The van der Waals surface area contributed by atoms with Crippen molar-refractivity contribution in [2.75, 3.05) is 45.0 Å². The van der Waals surface area contributed by atoms with E-state index in [9.17, 15) is 8.42 Å². The minimum atomic E-state index is -3.07. The van der Waals surface area contributed by atoms with Crippen LogP contribution in [0.5, 0.6) is 0 Å². The molecule has 6 heteroatoms. The largest absolute Gasteiger partial charge is 0.316 e. The molecule has 2 unspecified atom stereocenters. The van der Waals surface area contributed by atoms with Crippen LogP contribution in [0.3, 0.4) is 0 Å². The number of fused-ring (bicyclic) bond motifs is 1. The summed E-state index contributed by atoms with van der Waals surface area (Å²) in [7, 11) is -3.07. The average molecular weight is 301 g/mol. The second kappa shape index (κ2) is 6.30. The Morgan fingerprint density at radius 1 is 1.05 bits per heavy atom. The summed E-state index contributed by atoms with van der Waals surface area (Å²) >= 11 is 0. The molecule has 5 nitrogen and oxygen atoms in total. The van der Waals surface area contributed by atoms with E-state index in [4.69, 9.17) is 0 Å². The van der Waals surface area contributed by atoms with Gasteiger partial charge in [0.1, 0.15) is 0 Å². The molecular weight excluding hydrogens is 274 g/mol. The van der Waals surface area contributed by atoms with Crippen molar-refractivity contribution >= 4 is 10.0 Å². The molecule has 3 aliphatic rings. The van der Waals surface area contributed by atoms with Crippen molar-refractivity contribution in [2.45, 2.75) is 38.1 Å². The van der Waals surface area contributed by atoms with Gasteiger partial charge in [-0.1, -0.05) is 6.42 Å². The highest BCUT2D eigenvalue weighted by atomic mass is 32.2. The van der Waals surface area contributed by atoms with Gasteiger partial charge >= 0.3 is 0 Å². The highest BCUT2D eigenvalue weighted by Crippen LogP contribution is 2.24. The first-order valence-electron chi connectivity index (χ1n) is 8.08. The van der Waals surface area contributed by atoms with E-state index in [1.807, 2.05) is 0 Å². The number of rotatable bonds is 3. The maximum absolute atomic E-state index is 12.6. The van der Waals surface area contributed by atoms with Gasteiger partial charge in [0.15, 0.2) is 0 Å². The number of hydrogen-bond donors (Lipinski definition) is 1. The van der Waals surface area contributed by atoms with Gasteiger partial charge in [0, 0.05) is 25.7 Å². The van der Waals surface area contributed by atoms with Crippen molar-refractivity contribution in [3.05, 3.63) is 0 Å². The molecule has 116 valence electrons. The number of nitrogens with one attached hydrogen (secondary N) is 1. The second-order valence-electron chi connectivity index (χ2n) is 6.53. The number of hydrogen-bond acceptors (Lipinski definition) is 4. The van der Waals surface area contributed by atoms with Crippen LogP contribution in [0, 0.1) is 5.92 Å². The molecule has 3 heterocycles. The minimum absolute atomic E-state index is 0.304. The van der Waals surface area contributed by atoms with Crippen molar-refractivity contribution in [1.29, 1.82) is 0 Å². The first-order valence-corrected chi connectivity index (χ1v) is 9.69. The zero-order valence-electron chi connectivity index (χ0n) is 12.3. The SMILES string of the molecule is O=S(=O)(CC1CCCNC1)N1CCN2CCCCC2C1. The van der Waals surface area contributed by atoms with Crippen LogP contribution in [0.15, 0.2) is 0 Å². The predicted octanol–water partition coefficient (Wildman–Crippen LogP) is 0.486. The molecular formula is C14H27N3O2S. The second-order valence-corrected chi connectivity index (χ2v) is 8.55. The summed E-state index contributed by atoms with van der Waals surface area (Å²) < 4.78 is 27.0. The molecule has 3 rings (SSSR count). The molecule has 2 atom stereocenters. The van der Waals surface area contributed by atoms with Crippen molar-refractivity contribution in [1.82, 2.24) is 14.5 Å². The molecule has 0 radical (unpaired) electrons. The zero-order chi connectivity index (χ0) is 14.0.